The molecule has 1 aliphatic heterocycles. The summed E-state index contributed by atoms with van der Waals surface area (Å²) in [5.74, 6) is 0.149. The van der Waals surface area contributed by atoms with Crippen molar-refractivity contribution in [2.45, 2.75) is 51.8 Å². The van der Waals surface area contributed by atoms with Gasteiger partial charge in [-0.3, -0.25) is 10.2 Å². The maximum Gasteiger partial charge on any atom is 0.573 e. The van der Waals surface area contributed by atoms with E-state index in [0.29, 0.717) is 35.6 Å². The Kier molecular flexibility index (Phi) is 11.8. The van der Waals surface area contributed by atoms with Gasteiger partial charge in [0.25, 0.3) is 0 Å². The average molecular weight is 685 g/mol. The van der Waals surface area contributed by atoms with Crippen LogP contribution in [0.2, 0.25) is 0 Å². The van der Waals surface area contributed by atoms with E-state index in [1.54, 1.807) is 30.5 Å². The van der Waals surface area contributed by atoms with E-state index in [1.165, 1.54) is 23.9 Å². The van der Waals surface area contributed by atoms with Crippen molar-refractivity contribution in [2.75, 3.05) is 11.1 Å². The van der Waals surface area contributed by atoms with Crippen LogP contribution in [0.15, 0.2) is 101 Å². The Morgan fingerprint density at radius 3 is 2.57 bits per heavy atom. The first kappa shape index (κ1) is 35.3. The average Bonchev–Trinajstić information content (AvgIpc) is 3.26. The van der Waals surface area contributed by atoms with Gasteiger partial charge in [-0.25, -0.2) is 9.79 Å². The Morgan fingerprint density at radius 1 is 1.02 bits per heavy atom. The number of benzene rings is 4. The summed E-state index contributed by atoms with van der Waals surface area (Å²) in [6.45, 7) is 1.95. The molecule has 0 bridgehead atoms. The van der Waals surface area contributed by atoms with Gasteiger partial charge in [0.2, 0.25) is 0 Å². The molecule has 0 radical (unpaired) electrons. The second-order valence-electron chi connectivity index (χ2n) is 11.4. The largest absolute Gasteiger partial charge is 0.573 e. The molecule has 1 heterocycles. The summed E-state index contributed by atoms with van der Waals surface area (Å²) in [4.78, 5) is 34.3. The van der Waals surface area contributed by atoms with Crippen LogP contribution in [0.3, 0.4) is 0 Å². The third kappa shape index (κ3) is 10.2. The molecule has 7 nitrogen and oxygen atoms in total. The lowest BCUT2D eigenvalue weighted by Crippen LogP contribution is -2.17. The van der Waals surface area contributed by atoms with E-state index in [-0.39, 0.29) is 29.5 Å². The first-order valence-electron chi connectivity index (χ1n) is 15.9. The third-order valence-corrected chi connectivity index (χ3v) is 8.81. The molecule has 0 saturated carbocycles. The number of Topliss-reactive ketones (excluding diaryl/α,β-unsaturated/α-hetero) is 1. The summed E-state index contributed by atoms with van der Waals surface area (Å²) < 4.78 is 40.9. The van der Waals surface area contributed by atoms with Crippen LogP contribution in [0, 0.1) is 5.41 Å². The van der Waals surface area contributed by atoms with E-state index in [2.05, 4.69) is 20.0 Å². The van der Waals surface area contributed by atoms with Gasteiger partial charge in [0.05, 0.1) is 5.75 Å². The van der Waals surface area contributed by atoms with Crippen molar-refractivity contribution in [3.8, 4) is 5.75 Å². The summed E-state index contributed by atoms with van der Waals surface area (Å²) in [5.41, 5.74) is 4.71. The highest BCUT2D eigenvalue weighted by atomic mass is 32.2. The number of nitrogens with zero attached hydrogens (tertiary/aromatic N) is 2. The lowest BCUT2D eigenvalue weighted by molar-refractivity contribution is -0.274. The number of aryl methyl sites for hydroxylation is 2. The predicted molar refractivity (Wildman–Crippen MR) is 192 cm³/mol. The smallest absolute Gasteiger partial charge is 0.406 e. The molecule has 5 rings (SSSR count). The van der Waals surface area contributed by atoms with Crippen molar-refractivity contribution in [1.82, 2.24) is 0 Å². The van der Waals surface area contributed by atoms with Crippen LogP contribution in [0.5, 0.6) is 5.75 Å². The number of carbonyl (C=O) groups is 2. The first-order chi connectivity index (χ1) is 23.6. The number of aliphatic imine (C=N–C) groups is 2. The van der Waals surface area contributed by atoms with Crippen LogP contribution in [0.25, 0.3) is 16.3 Å². The Labute approximate surface area is 286 Å². The minimum Gasteiger partial charge on any atom is -0.406 e. The van der Waals surface area contributed by atoms with E-state index in [0.717, 1.165) is 45.9 Å². The number of anilines is 1. The maximum atomic E-state index is 13.1. The second-order valence-corrected chi connectivity index (χ2v) is 12.4. The SMILES string of the molecule is CCc1cc(C(=N)N=CCCCCc2ccc(OC(F)(F)F)cc2)ccc1NC(=O)/N=C1/C=C(c2cccc3ccccc23)CC(=O)CS1. The molecular formula is C38H35F3N4O3S. The molecule has 0 spiro atoms. The van der Waals surface area contributed by atoms with Gasteiger partial charge in [0.1, 0.15) is 16.6 Å². The summed E-state index contributed by atoms with van der Waals surface area (Å²) in [6, 6.07) is 24.5. The number of fused-ring (bicyclic) bond motifs is 1. The number of amides is 2. The number of carbonyl (C=O) groups excluding carboxylic acids is 2. The molecule has 0 aliphatic carbocycles. The molecule has 4 aromatic rings. The van der Waals surface area contributed by atoms with E-state index in [4.69, 9.17) is 5.41 Å². The van der Waals surface area contributed by atoms with E-state index in [9.17, 15) is 22.8 Å². The molecular weight excluding hydrogens is 650 g/mol. The number of rotatable bonds is 10. The Hall–Kier alpha value is -5.03. The van der Waals surface area contributed by atoms with Crippen molar-refractivity contribution >= 4 is 62.7 Å². The number of allylic oxidation sites excluding steroid dienone is 1. The van der Waals surface area contributed by atoms with Crippen LogP contribution >= 0.6 is 11.8 Å². The lowest BCUT2D eigenvalue weighted by Gasteiger charge is -2.11. The number of ketones is 1. The molecule has 4 aromatic carbocycles. The summed E-state index contributed by atoms with van der Waals surface area (Å²) in [5, 5.41) is 13.9. The number of urea groups is 1. The van der Waals surface area contributed by atoms with Gasteiger partial charge in [-0.2, -0.15) is 4.99 Å². The number of amidine groups is 1. The van der Waals surface area contributed by atoms with Gasteiger partial charge in [-0.1, -0.05) is 73.3 Å². The summed E-state index contributed by atoms with van der Waals surface area (Å²) in [7, 11) is 0. The van der Waals surface area contributed by atoms with Gasteiger partial charge in [0, 0.05) is 23.9 Å². The van der Waals surface area contributed by atoms with Gasteiger partial charge >= 0.3 is 12.4 Å². The lowest BCUT2D eigenvalue weighted by atomic mass is 9.95. The van der Waals surface area contributed by atoms with Gasteiger partial charge < -0.3 is 10.1 Å². The molecule has 2 N–H and O–H groups in total. The quantitative estimate of drug-likeness (QED) is 0.0986. The van der Waals surface area contributed by atoms with Crippen LogP contribution in [-0.2, 0) is 17.6 Å². The highest BCUT2D eigenvalue weighted by Gasteiger charge is 2.31. The molecule has 252 valence electrons. The topological polar surface area (TPSA) is 104 Å². The zero-order valence-electron chi connectivity index (χ0n) is 26.8. The van der Waals surface area contributed by atoms with Gasteiger partial charge in [-0.15, -0.1) is 13.2 Å². The van der Waals surface area contributed by atoms with Crippen molar-refractivity contribution in [3.05, 3.63) is 113 Å². The van der Waals surface area contributed by atoms with Crippen molar-refractivity contribution in [2.24, 2.45) is 9.98 Å². The molecule has 0 unspecified atom stereocenters. The summed E-state index contributed by atoms with van der Waals surface area (Å²) >= 11 is 1.24. The number of ether oxygens (including phenoxy) is 1. The molecule has 11 heteroatoms. The fraction of sp³-hybridized carbons (Fsp3) is 0.237. The number of hydrogen-bond acceptors (Lipinski definition) is 5. The molecule has 2 amide bonds. The minimum absolute atomic E-state index is 0.0656. The monoisotopic (exact) mass is 684 g/mol. The third-order valence-electron chi connectivity index (χ3n) is 7.84. The maximum absolute atomic E-state index is 13.1. The predicted octanol–water partition coefficient (Wildman–Crippen LogP) is 9.83. The van der Waals surface area contributed by atoms with Gasteiger partial charge in [0.15, 0.2) is 5.84 Å². The highest BCUT2D eigenvalue weighted by Crippen LogP contribution is 2.31. The zero-order valence-corrected chi connectivity index (χ0v) is 27.7. The van der Waals surface area contributed by atoms with Gasteiger partial charge in [-0.05, 0) is 102 Å². The molecule has 49 heavy (non-hydrogen) atoms. The Bertz CT molecular complexity index is 1930. The fourth-order valence-electron chi connectivity index (χ4n) is 5.45. The van der Waals surface area contributed by atoms with Crippen LogP contribution in [0.4, 0.5) is 23.7 Å². The second kappa shape index (κ2) is 16.4. The normalized spacial score (nSPS) is 14.6. The van der Waals surface area contributed by atoms with Crippen LogP contribution in [-0.4, -0.2) is 41.0 Å². The Balaban J connectivity index is 1.17. The van der Waals surface area contributed by atoms with Crippen LogP contribution in [0.1, 0.15) is 54.9 Å². The zero-order chi connectivity index (χ0) is 34.8. The molecule has 0 aromatic heterocycles. The number of thioether (sulfide) groups is 1. The molecule has 0 atom stereocenters. The number of halogens is 3. The fourth-order valence-corrected chi connectivity index (χ4v) is 6.24. The Morgan fingerprint density at radius 2 is 1.80 bits per heavy atom. The number of unbranched alkanes of at least 4 members (excludes halogenated alkanes) is 2. The minimum atomic E-state index is -4.71. The molecule has 0 fully saturated rings. The first-order valence-corrected chi connectivity index (χ1v) is 16.9. The van der Waals surface area contributed by atoms with E-state index < -0.39 is 12.4 Å². The van der Waals surface area contributed by atoms with Crippen molar-refractivity contribution in [3.63, 3.8) is 0 Å². The standard InChI is InChI=1S/C38H35F3N4O3S/c1-2-26-21-28(36(42)43-20-7-3-4-9-25-14-17-31(18-15-25)48-38(39,40)41)16-19-34(26)44-37(47)45-35-23-29(22-30(46)24-49-35)33-13-8-11-27-10-5-6-12-32(27)33/h5-6,8,10-21,23,42H,2-4,7,9,22,24H2,1H3,(H,44,47)/b42-36?,43-20?,45-35-. The molecule has 0 saturated heterocycles. The van der Waals surface area contributed by atoms with Crippen molar-refractivity contribution < 1.29 is 27.5 Å². The number of hydrogen-bond donors (Lipinski definition) is 2. The summed E-state index contributed by atoms with van der Waals surface area (Å²) in [6.07, 6.45) is 2.64. The molecule has 1 aliphatic rings. The van der Waals surface area contributed by atoms with E-state index in [1.807, 2.05) is 61.5 Å². The van der Waals surface area contributed by atoms with Crippen LogP contribution < -0.4 is 10.1 Å². The highest BCUT2D eigenvalue weighted by molar-refractivity contribution is 8.14. The number of alkyl halides is 3. The van der Waals surface area contributed by atoms with E-state index >= 15 is 0 Å². The number of nitrogens with one attached hydrogen (secondary N) is 2. The van der Waals surface area contributed by atoms with Crippen molar-refractivity contribution in [1.29, 1.82) is 5.41 Å².